The van der Waals surface area contributed by atoms with Crippen LogP contribution in [0.3, 0.4) is 0 Å². The highest BCUT2D eigenvalue weighted by Crippen LogP contribution is 2.32. The minimum Gasteiger partial charge on any atom is -0.507 e. The number of nitrogens with two attached hydrogens (primary N) is 1. The first-order valence-corrected chi connectivity index (χ1v) is 4.31. The van der Waals surface area contributed by atoms with Gasteiger partial charge in [0.2, 0.25) is 0 Å². The van der Waals surface area contributed by atoms with Gasteiger partial charge in [-0.2, -0.15) is 0 Å². The Morgan fingerprint density at radius 3 is 2.56 bits per heavy atom. The molecule has 0 heterocycles. The Labute approximate surface area is 99.6 Å². The summed E-state index contributed by atoms with van der Waals surface area (Å²) in [7, 11) is 2.66. The van der Waals surface area contributed by atoms with Crippen molar-refractivity contribution in [1.82, 2.24) is 0 Å². The van der Waals surface area contributed by atoms with E-state index in [1.54, 1.807) is 12.1 Å². The number of halogens is 1. The Hall–Kier alpha value is -1.46. The molecule has 0 amide bonds. The number of phenols is 1. The van der Waals surface area contributed by atoms with Gasteiger partial charge in [0.15, 0.2) is 0 Å². The molecule has 6 heteroatoms. The average molecular weight is 248 g/mol. The molecule has 0 unspecified atom stereocenters. The van der Waals surface area contributed by atoms with E-state index in [0.29, 0.717) is 5.75 Å². The SMILES string of the molecule is COC(=O)[C@H](N)c1c(O)cccc1OC.Cl. The Morgan fingerprint density at radius 1 is 1.44 bits per heavy atom. The van der Waals surface area contributed by atoms with Crippen molar-refractivity contribution in [2.75, 3.05) is 14.2 Å². The van der Waals surface area contributed by atoms with Crippen LogP contribution in [-0.2, 0) is 9.53 Å². The third-order valence-electron chi connectivity index (χ3n) is 2.03. The number of rotatable bonds is 3. The van der Waals surface area contributed by atoms with Crippen LogP contribution in [0.5, 0.6) is 11.5 Å². The molecule has 1 aromatic carbocycles. The van der Waals surface area contributed by atoms with Crippen molar-refractivity contribution < 1.29 is 19.4 Å². The zero-order valence-corrected chi connectivity index (χ0v) is 9.78. The first-order valence-electron chi connectivity index (χ1n) is 4.31. The van der Waals surface area contributed by atoms with Crippen molar-refractivity contribution in [2.45, 2.75) is 6.04 Å². The predicted octanol–water partition coefficient (Wildman–Crippen LogP) is 0.995. The van der Waals surface area contributed by atoms with Gasteiger partial charge in [0, 0.05) is 0 Å². The summed E-state index contributed by atoms with van der Waals surface area (Å²) >= 11 is 0. The van der Waals surface area contributed by atoms with E-state index in [4.69, 9.17) is 10.5 Å². The quantitative estimate of drug-likeness (QED) is 0.779. The maximum Gasteiger partial charge on any atom is 0.327 e. The highest BCUT2D eigenvalue weighted by molar-refractivity contribution is 5.85. The average Bonchev–Trinajstić information content (AvgIpc) is 2.26. The van der Waals surface area contributed by atoms with Gasteiger partial charge in [-0.15, -0.1) is 12.4 Å². The van der Waals surface area contributed by atoms with Gasteiger partial charge < -0.3 is 20.3 Å². The van der Waals surface area contributed by atoms with Gasteiger partial charge in [0.25, 0.3) is 0 Å². The molecule has 3 N–H and O–H groups in total. The van der Waals surface area contributed by atoms with Crippen LogP contribution in [0.4, 0.5) is 0 Å². The zero-order valence-electron chi connectivity index (χ0n) is 8.97. The second kappa shape index (κ2) is 6.19. The molecule has 1 aromatic rings. The monoisotopic (exact) mass is 247 g/mol. The van der Waals surface area contributed by atoms with Crippen molar-refractivity contribution >= 4 is 18.4 Å². The van der Waals surface area contributed by atoms with E-state index in [1.165, 1.54) is 20.3 Å². The maximum atomic E-state index is 11.2. The summed E-state index contributed by atoms with van der Waals surface area (Å²) in [6.07, 6.45) is 0. The van der Waals surface area contributed by atoms with Crippen molar-refractivity contribution in [3.8, 4) is 11.5 Å². The molecule has 16 heavy (non-hydrogen) atoms. The van der Waals surface area contributed by atoms with Crippen LogP contribution in [0, 0.1) is 0 Å². The fourth-order valence-electron chi connectivity index (χ4n) is 1.27. The van der Waals surface area contributed by atoms with E-state index < -0.39 is 12.0 Å². The van der Waals surface area contributed by atoms with Gasteiger partial charge in [-0.25, -0.2) is 4.79 Å². The fraction of sp³-hybridized carbons (Fsp3) is 0.300. The molecule has 0 saturated heterocycles. The fourth-order valence-corrected chi connectivity index (χ4v) is 1.27. The Balaban J connectivity index is 0.00000225. The lowest BCUT2D eigenvalue weighted by atomic mass is 10.1. The lowest BCUT2D eigenvalue weighted by Gasteiger charge is -2.14. The third-order valence-corrected chi connectivity index (χ3v) is 2.03. The molecule has 1 rings (SSSR count). The Kier molecular flexibility index (Phi) is 5.63. The Morgan fingerprint density at radius 2 is 2.06 bits per heavy atom. The van der Waals surface area contributed by atoms with E-state index in [9.17, 15) is 9.90 Å². The maximum absolute atomic E-state index is 11.2. The first kappa shape index (κ1) is 14.5. The number of benzene rings is 1. The number of hydrogen-bond donors (Lipinski definition) is 2. The number of methoxy groups -OCH3 is 2. The van der Waals surface area contributed by atoms with Gasteiger partial charge in [0.1, 0.15) is 17.5 Å². The molecule has 0 radical (unpaired) electrons. The van der Waals surface area contributed by atoms with Gasteiger partial charge >= 0.3 is 5.97 Å². The van der Waals surface area contributed by atoms with Crippen LogP contribution in [-0.4, -0.2) is 25.3 Å². The van der Waals surface area contributed by atoms with Crippen LogP contribution >= 0.6 is 12.4 Å². The molecule has 5 nitrogen and oxygen atoms in total. The molecule has 0 spiro atoms. The summed E-state index contributed by atoms with van der Waals surface area (Å²) < 4.78 is 9.48. The summed E-state index contributed by atoms with van der Waals surface area (Å²) in [5.41, 5.74) is 5.84. The van der Waals surface area contributed by atoms with Crippen molar-refractivity contribution in [1.29, 1.82) is 0 Å². The molecule has 0 aliphatic rings. The molecular formula is C10H14ClNO4. The smallest absolute Gasteiger partial charge is 0.327 e. The summed E-state index contributed by atoms with van der Waals surface area (Å²) in [6, 6.07) is 3.59. The number of esters is 1. The second-order valence-electron chi connectivity index (χ2n) is 2.89. The molecule has 0 aliphatic carbocycles. The molecule has 1 atom stereocenters. The number of carbonyl (C=O) groups excluding carboxylic acids is 1. The number of hydrogen-bond acceptors (Lipinski definition) is 5. The van der Waals surface area contributed by atoms with E-state index >= 15 is 0 Å². The van der Waals surface area contributed by atoms with E-state index in [1.807, 2.05) is 0 Å². The van der Waals surface area contributed by atoms with Gasteiger partial charge in [-0.3, -0.25) is 0 Å². The molecule has 0 fully saturated rings. The molecule has 90 valence electrons. The zero-order chi connectivity index (χ0) is 11.4. The number of aromatic hydroxyl groups is 1. The lowest BCUT2D eigenvalue weighted by Crippen LogP contribution is -2.23. The van der Waals surface area contributed by atoms with Crippen LogP contribution in [0.25, 0.3) is 0 Å². The van der Waals surface area contributed by atoms with E-state index in [-0.39, 0.29) is 23.7 Å². The predicted molar refractivity (Wildman–Crippen MR) is 60.9 cm³/mol. The highest BCUT2D eigenvalue weighted by atomic mass is 35.5. The van der Waals surface area contributed by atoms with Crippen LogP contribution in [0.15, 0.2) is 18.2 Å². The molecule has 0 aliphatic heterocycles. The molecular weight excluding hydrogens is 234 g/mol. The highest BCUT2D eigenvalue weighted by Gasteiger charge is 2.23. The number of ether oxygens (including phenoxy) is 2. The van der Waals surface area contributed by atoms with Crippen LogP contribution in [0.1, 0.15) is 11.6 Å². The normalized spacial score (nSPS) is 11.2. The minimum atomic E-state index is -1.05. The third kappa shape index (κ3) is 2.77. The topological polar surface area (TPSA) is 81.8 Å². The molecule has 0 saturated carbocycles. The second-order valence-corrected chi connectivity index (χ2v) is 2.89. The summed E-state index contributed by atoms with van der Waals surface area (Å²) in [5.74, 6) is -0.366. The first-order chi connectivity index (χ1) is 7.11. The van der Waals surface area contributed by atoms with Gasteiger partial charge in [0.05, 0.1) is 19.8 Å². The van der Waals surface area contributed by atoms with Crippen molar-refractivity contribution in [3.05, 3.63) is 23.8 Å². The van der Waals surface area contributed by atoms with Crippen LogP contribution in [0.2, 0.25) is 0 Å². The van der Waals surface area contributed by atoms with Crippen molar-refractivity contribution in [3.63, 3.8) is 0 Å². The summed E-state index contributed by atoms with van der Waals surface area (Å²) in [4.78, 5) is 11.2. The summed E-state index contributed by atoms with van der Waals surface area (Å²) in [5, 5.41) is 9.57. The van der Waals surface area contributed by atoms with Crippen LogP contribution < -0.4 is 10.5 Å². The number of carbonyl (C=O) groups is 1. The van der Waals surface area contributed by atoms with E-state index in [0.717, 1.165) is 0 Å². The largest absolute Gasteiger partial charge is 0.507 e. The van der Waals surface area contributed by atoms with Crippen molar-refractivity contribution in [2.24, 2.45) is 5.73 Å². The van der Waals surface area contributed by atoms with E-state index in [2.05, 4.69) is 4.74 Å². The molecule has 0 aromatic heterocycles. The lowest BCUT2D eigenvalue weighted by molar-refractivity contribution is -0.142. The minimum absolute atomic E-state index is 0. The standard InChI is InChI=1S/C10H13NO4.ClH/c1-14-7-5-3-4-6(12)8(7)9(11)10(13)15-2;/h3-5,9,12H,11H2,1-2H3;1H/t9-;/m1./s1. The van der Waals surface area contributed by atoms with Gasteiger partial charge in [-0.1, -0.05) is 6.07 Å². The summed E-state index contributed by atoms with van der Waals surface area (Å²) in [6.45, 7) is 0. The Bertz CT molecular complexity index is 370. The molecule has 0 bridgehead atoms. The number of phenolic OH excluding ortho intramolecular Hbond substituents is 1. The van der Waals surface area contributed by atoms with Gasteiger partial charge in [-0.05, 0) is 12.1 Å².